The third-order valence-electron chi connectivity index (χ3n) is 5.26. The van der Waals surface area contributed by atoms with E-state index in [1.54, 1.807) is 0 Å². The smallest absolute Gasteiger partial charge is 0.0334 e. The highest BCUT2D eigenvalue weighted by molar-refractivity contribution is 9.10. The molecule has 112 valence electrons. The fourth-order valence-corrected chi connectivity index (χ4v) is 3.67. The van der Waals surface area contributed by atoms with Crippen LogP contribution in [0.1, 0.15) is 38.7 Å². The summed E-state index contributed by atoms with van der Waals surface area (Å²) in [6.45, 7) is 6.49. The molecule has 0 aliphatic heterocycles. The van der Waals surface area contributed by atoms with Gasteiger partial charge in [0.1, 0.15) is 0 Å². The minimum atomic E-state index is 0.180. The Balaban J connectivity index is 2.09. The van der Waals surface area contributed by atoms with Crippen molar-refractivity contribution in [2.45, 2.75) is 45.2 Å². The number of nitrogens with zero attached hydrogens (tertiary/aromatic N) is 1. The van der Waals surface area contributed by atoms with Crippen molar-refractivity contribution >= 4 is 15.9 Å². The molecular weight excluding hydrogens is 312 g/mol. The van der Waals surface area contributed by atoms with Crippen molar-refractivity contribution in [3.8, 4) is 0 Å². The van der Waals surface area contributed by atoms with Gasteiger partial charge >= 0.3 is 0 Å². The average molecular weight is 339 g/mol. The van der Waals surface area contributed by atoms with E-state index in [1.807, 2.05) is 0 Å². The Kier molecular flexibility index (Phi) is 5.27. The maximum atomic E-state index is 6.18. The summed E-state index contributed by atoms with van der Waals surface area (Å²) >= 11 is 3.49. The molecule has 3 atom stereocenters. The van der Waals surface area contributed by atoms with E-state index in [2.05, 4.69) is 66.0 Å². The maximum absolute atomic E-state index is 6.18. The van der Waals surface area contributed by atoms with Gasteiger partial charge in [-0.25, -0.2) is 0 Å². The topological polar surface area (TPSA) is 29.3 Å². The normalized spacial score (nSPS) is 30.7. The van der Waals surface area contributed by atoms with Gasteiger partial charge in [0, 0.05) is 23.1 Å². The molecule has 2 rings (SSSR count). The predicted molar refractivity (Wildman–Crippen MR) is 89.6 cm³/mol. The van der Waals surface area contributed by atoms with Crippen molar-refractivity contribution in [1.29, 1.82) is 0 Å². The van der Waals surface area contributed by atoms with Gasteiger partial charge in [-0.2, -0.15) is 0 Å². The summed E-state index contributed by atoms with van der Waals surface area (Å²) in [5.41, 5.74) is 7.71. The summed E-state index contributed by atoms with van der Waals surface area (Å²) in [4.78, 5) is 2.48. The monoisotopic (exact) mass is 338 g/mol. The largest absolute Gasteiger partial charge is 0.329 e. The lowest BCUT2D eigenvalue weighted by molar-refractivity contribution is 0.0349. The molecular formula is C17H27BrN2. The second-order valence-corrected chi connectivity index (χ2v) is 7.52. The highest BCUT2D eigenvalue weighted by atomic mass is 79.9. The molecule has 1 fully saturated rings. The molecule has 1 aromatic rings. The summed E-state index contributed by atoms with van der Waals surface area (Å²) in [6.07, 6.45) is 3.74. The molecule has 1 aromatic carbocycles. The van der Waals surface area contributed by atoms with Crippen LogP contribution >= 0.6 is 15.9 Å². The Bertz CT molecular complexity index is 431. The minimum absolute atomic E-state index is 0.180. The van der Waals surface area contributed by atoms with E-state index in [4.69, 9.17) is 5.73 Å². The molecule has 0 spiro atoms. The van der Waals surface area contributed by atoms with Gasteiger partial charge < -0.3 is 5.73 Å². The van der Waals surface area contributed by atoms with E-state index in [9.17, 15) is 0 Å². The second-order valence-electron chi connectivity index (χ2n) is 6.61. The lowest BCUT2D eigenvalue weighted by atomic mass is 9.70. The number of benzene rings is 1. The van der Waals surface area contributed by atoms with Gasteiger partial charge in [0.05, 0.1) is 0 Å². The van der Waals surface area contributed by atoms with Crippen LogP contribution in [-0.2, 0) is 6.54 Å². The van der Waals surface area contributed by atoms with Crippen LogP contribution in [0.3, 0.4) is 0 Å². The van der Waals surface area contributed by atoms with Gasteiger partial charge in [0.15, 0.2) is 0 Å². The van der Waals surface area contributed by atoms with E-state index < -0.39 is 0 Å². The van der Waals surface area contributed by atoms with Gasteiger partial charge in [0.2, 0.25) is 0 Å². The maximum Gasteiger partial charge on any atom is 0.0334 e. The number of rotatable bonds is 4. The molecule has 1 aliphatic carbocycles. The zero-order valence-corrected chi connectivity index (χ0v) is 14.5. The van der Waals surface area contributed by atoms with Gasteiger partial charge in [-0.1, -0.05) is 41.9 Å². The highest BCUT2D eigenvalue weighted by Crippen LogP contribution is 2.39. The zero-order valence-electron chi connectivity index (χ0n) is 12.9. The molecule has 1 aliphatic rings. The molecule has 2 N–H and O–H groups in total. The van der Waals surface area contributed by atoms with Crippen LogP contribution in [0.2, 0.25) is 0 Å². The first-order chi connectivity index (χ1) is 9.47. The van der Waals surface area contributed by atoms with Crippen molar-refractivity contribution < 1.29 is 0 Å². The SMILES string of the molecule is CC1CCC(CN)(N(C)Cc2ccc(Br)cc2)CC1C. The van der Waals surface area contributed by atoms with E-state index in [0.29, 0.717) is 0 Å². The van der Waals surface area contributed by atoms with Crippen LogP contribution in [0.15, 0.2) is 28.7 Å². The van der Waals surface area contributed by atoms with Crippen molar-refractivity contribution in [3.05, 3.63) is 34.3 Å². The van der Waals surface area contributed by atoms with E-state index in [-0.39, 0.29) is 5.54 Å². The van der Waals surface area contributed by atoms with Crippen molar-refractivity contribution in [2.75, 3.05) is 13.6 Å². The molecule has 0 aromatic heterocycles. The average Bonchev–Trinajstić information content (AvgIpc) is 2.44. The minimum Gasteiger partial charge on any atom is -0.329 e. The Hall–Kier alpha value is -0.380. The van der Waals surface area contributed by atoms with Crippen LogP contribution in [0, 0.1) is 11.8 Å². The van der Waals surface area contributed by atoms with Gasteiger partial charge in [-0.3, -0.25) is 4.90 Å². The van der Waals surface area contributed by atoms with E-state index >= 15 is 0 Å². The first-order valence-electron chi connectivity index (χ1n) is 7.62. The van der Waals surface area contributed by atoms with Crippen LogP contribution in [0.25, 0.3) is 0 Å². The molecule has 20 heavy (non-hydrogen) atoms. The Labute approximate surface area is 131 Å². The number of nitrogens with two attached hydrogens (primary N) is 1. The predicted octanol–water partition coefficient (Wildman–Crippen LogP) is 4.03. The third kappa shape index (κ3) is 3.44. The van der Waals surface area contributed by atoms with Gasteiger partial charge in [-0.05, 0) is 55.8 Å². The number of hydrogen-bond donors (Lipinski definition) is 1. The number of halogens is 1. The van der Waals surface area contributed by atoms with Crippen molar-refractivity contribution in [3.63, 3.8) is 0 Å². The highest BCUT2D eigenvalue weighted by Gasteiger charge is 2.39. The molecule has 0 bridgehead atoms. The van der Waals surface area contributed by atoms with Crippen molar-refractivity contribution in [2.24, 2.45) is 17.6 Å². The Morgan fingerprint density at radius 3 is 2.45 bits per heavy atom. The first-order valence-corrected chi connectivity index (χ1v) is 8.42. The quantitative estimate of drug-likeness (QED) is 0.897. The van der Waals surface area contributed by atoms with Crippen LogP contribution in [-0.4, -0.2) is 24.0 Å². The molecule has 0 saturated heterocycles. The summed E-state index contributed by atoms with van der Waals surface area (Å²) in [5, 5.41) is 0. The van der Waals surface area contributed by atoms with E-state index in [0.717, 1.165) is 29.4 Å². The van der Waals surface area contributed by atoms with Crippen LogP contribution < -0.4 is 5.73 Å². The molecule has 3 unspecified atom stereocenters. The molecule has 0 heterocycles. The van der Waals surface area contributed by atoms with Crippen LogP contribution in [0.5, 0.6) is 0 Å². The van der Waals surface area contributed by atoms with Crippen LogP contribution in [0.4, 0.5) is 0 Å². The van der Waals surface area contributed by atoms with Gasteiger partial charge in [0.25, 0.3) is 0 Å². The lowest BCUT2D eigenvalue weighted by Gasteiger charge is -2.48. The summed E-state index contributed by atoms with van der Waals surface area (Å²) in [6, 6.07) is 8.62. The standard InChI is InChI=1S/C17H27BrN2/c1-13-8-9-17(12-19,10-14(13)2)20(3)11-15-4-6-16(18)7-5-15/h4-7,13-14H,8-12,19H2,1-3H3. The number of hydrogen-bond acceptors (Lipinski definition) is 2. The first kappa shape index (κ1) is 16.0. The molecule has 3 heteroatoms. The molecule has 0 radical (unpaired) electrons. The zero-order chi connectivity index (χ0) is 14.8. The Morgan fingerprint density at radius 1 is 1.25 bits per heavy atom. The molecule has 0 amide bonds. The molecule has 1 saturated carbocycles. The van der Waals surface area contributed by atoms with Gasteiger partial charge in [-0.15, -0.1) is 0 Å². The summed E-state index contributed by atoms with van der Waals surface area (Å²) in [7, 11) is 2.23. The molecule has 2 nitrogen and oxygen atoms in total. The summed E-state index contributed by atoms with van der Waals surface area (Å²) in [5.74, 6) is 1.59. The van der Waals surface area contributed by atoms with Crippen molar-refractivity contribution in [1.82, 2.24) is 4.90 Å². The number of likely N-dealkylation sites (N-methyl/N-ethyl adjacent to an activating group) is 1. The fourth-order valence-electron chi connectivity index (χ4n) is 3.40. The second kappa shape index (κ2) is 6.59. The Morgan fingerprint density at radius 2 is 1.90 bits per heavy atom. The third-order valence-corrected chi connectivity index (χ3v) is 5.79. The lowest BCUT2D eigenvalue weighted by Crippen LogP contribution is -2.55. The van der Waals surface area contributed by atoms with E-state index in [1.165, 1.54) is 24.8 Å². The fraction of sp³-hybridized carbons (Fsp3) is 0.647. The summed E-state index contributed by atoms with van der Waals surface area (Å²) < 4.78 is 1.14.